The second-order valence-corrected chi connectivity index (χ2v) is 6.06. The number of ether oxygens (including phenoxy) is 2. The number of carbonyl (C=O) groups excluding carboxylic acids is 2. The molecule has 3 rings (SSSR count). The van der Waals surface area contributed by atoms with Crippen LogP contribution in [0.2, 0.25) is 0 Å². The Balaban J connectivity index is 1.63. The van der Waals surface area contributed by atoms with E-state index in [4.69, 9.17) is 9.47 Å². The summed E-state index contributed by atoms with van der Waals surface area (Å²) in [6.45, 7) is 0.467. The number of esters is 1. The third-order valence-electron chi connectivity index (χ3n) is 4.08. The average molecular weight is 355 g/mol. The van der Waals surface area contributed by atoms with E-state index in [-0.39, 0.29) is 5.91 Å². The van der Waals surface area contributed by atoms with Crippen molar-refractivity contribution in [1.82, 2.24) is 10.3 Å². The van der Waals surface area contributed by atoms with Crippen molar-refractivity contribution >= 4 is 17.7 Å². The Morgan fingerprint density at radius 1 is 1.19 bits per heavy atom. The van der Waals surface area contributed by atoms with Gasteiger partial charge in [-0.3, -0.25) is 4.79 Å². The molecule has 0 aliphatic heterocycles. The van der Waals surface area contributed by atoms with Gasteiger partial charge in [-0.2, -0.15) is 0 Å². The second kappa shape index (κ2) is 7.86. The predicted octanol–water partition coefficient (Wildman–Crippen LogP) is 2.38. The fourth-order valence-electron chi connectivity index (χ4n) is 2.46. The first-order chi connectivity index (χ1) is 12.6. The lowest BCUT2D eigenvalue weighted by Crippen LogP contribution is -2.25. The lowest BCUT2D eigenvalue weighted by molar-refractivity contribution is 0.0596. The number of hydrogen-bond acceptors (Lipinski definition) is 6. The lowest BCUT2D eigenvalue weighted by Gasteiger charge is -2.11. The number of nitrogens with zero attached hydrogens (tertiary/aromatic N) is 1. The molecule has 136 valence electrons. The largest absolute Gasteiger partial charge is 0.496 e. The van der Waals surface area contributed by atoms with Gasteiger partial charge < -0.3 is 20.1 Å². The van der Waals surface area contributed by atoms with Crippen LogP contribution in [-0.2, 0) is 11.3 Å². The molecule has 7 heteroatoms. The molecule has 1 aliphatic carbocycles. The van der Waals surface area contributed by atoms with Gasteiger partial charge in [0, 0.05) is 18.8 Å². The Labute approximate surface area is 151 Å². The zero-order chi connectivity index (χ0) is 18.5. The second-order valence-electron chi connectivity index (χ2n) is 6.06. The van der Waals surface area contributed by atoms with Gasteiger partial charge in [0.25, 0.3) is 5.91 Å². The van der Waals surface area contributed by atoms with Crippen molar-refractivity contribution in [2.24, 2.45) is 0 Å². The maximum Gasteiger partial charge on any atom is 0.341 e. The van der Waals surface area contributed by atoms with E-state index >= 15 is 0 Å². The minimum Gasteiger partial charge on any atom is -0.496 e. The van der Waals surface area contributed by atoms with Crippen LogP contribution in [0.5, 0.6) is 5.75 Å². The van der Waals surface area contributed by atoms with E-state index < -0.39 is 5.97 Å². The van der Waals surface area contributed by atoms with Crippen LogP contribution in [0.1, 0.15) is 39.1 Å². The number of nitrogens with one attached hydrogen (secondary N) is 2. The van der Waals surface area contributed by atoms with Gasteiger partial charge in [0.05, 0.1) is 19.8 Å². The molecular weight excluding hydrogens is 334 g/mol. The molecule has 26 heavy (non-hydrogen) atoms. The molecule has 0 saturated heterocycles. The number of anilines is 1. The molecule has 2 aromatic rings. The predicted molar refractivity (Wildman–Crippen MR) is 96.4 cm³/mol. The molecular formula is C19H21N3O4. The number of aromatic nitrogens is 1. The molecule has 1 aliphatic rings. The first-order valence-electron chi connectivity index (χ1n) is 8.36. The summed E-state index contributed by atoms with van der Waals surface area (Å²) < 4.78 is 9.96. The fraction of sp³-hybridized carbons (Fsp3) is 0.316. The Bertz CT molecular complexity index is 801. The monoisotopic (exact) mass is 355 g/mol. The summed E-state index contributed by atoms with van der Waals surface area (Å²) in [5.74, 6) is 0.561. The van der Waals surface area contributed by atoms with Crippen LogP contribution >= 0.6 is 0 Å². The summed E-state index contributed by atoms with van der Waals surface area (Å²) in [4.78, 5) is 28.0. The van der Waals surface area contributed by atoms with Gasteiger partial charge in [0.15, 0.2) is 0 Å². The van der Waals surface area contributed by atoms with Crippen molar-refractivity contribution in [2.45, 2.75) is 25.4 Å². The highest BCUT2D eigenvalue weighted by atomic mass is 16.5. The molecule has 0 atom stereocenters. The number of methoxy groups -OCH3 is 2. The highest BCUT2D eigenvalue weighted by Gasteiger charge is 2.23. The van der Waals surface area contributed by atoms with E-state index in [1.807, 2.05) is 6.07 Å². The van der Waals surface area contributed by atoms with Gasteiger partial charge in [0.2, 0.25) is 0 Å². The quantitative estimate of drug-likeness (QED) is 0.741. The summed E-state index contributed by atoms with van der Waals surface area (Å²) in [7, 11) is 2.84. The number of amides is 1. The van der Waals surface area contributed by atoms with Crippen LogP contribution in [0.3, 0.4) is 0 Å². The first-order valence-corrected chi connectivity index (χ1v) is 8.36. The zero-order valence-electron chi connectivity index (χ0n) is 14.7. The molecule has 1 fully saturated rings. The van der Waals surface area contributed by atoms with Crippen molar-refractivity contribution in [2.75, 3.05) is 19.5 Å². The van der Waals surface area contributed by atoms with E-state index in [9.17, 15) is 9.59 Å². The molecule has 7 nitrogen and oxygen atoms in total. The molecule has 1 heterocycles. The Morgan fingerprint density at radius 2 is 2.00 bits per heavy atom. The van der Waals surface area contributed by atoms with Crippen LogP contribution in [0.25, 0.3) is 0 Å². The number of hydrogen-bond donors (Lipinski definition) is 2. The standard InChI is InChI=1S/C19H21N3O4/c1-25-16-7-3-12(9-15(16)19(24)26-2)10-20-17-8-4-13(11-21-17)18(23)22-14-5-6-14/h3-4,7-9,11,14H,5-6,10H2,1-2H3,(H,20,21)(H,22,23). The first kappa shape index (κ1) is 17.7. The van der Waals surface area contributed by atoms with E-state index in [1.54, 1.807) is 30.5 Å². The fourth-order valence-corrected chi connectivity index (χ4v) is 2.46. The molecule has 1 saturated carbocycles. The molecule has 0 spiro atoms. The zero-order valence-corrected chi connectivity index (χ0v) is 14.7. The minimum atomic E-state index is -0.451. The smallest absolute Gasteiger partial charge is 0.341 e. The van der Waals surface area contributed by atoms with Gasteiger partial charge in [-0.05, 0) is 42.7 Å². The maximum atomic E-state index is 11.9. The Morgan fingerprint density at radius 3 is 2.62 bits per heavy atom. The van der Waals surface area contributed by atoms with E-state index in [0.29, 0.717) is 35.3 Å². The average Bonchev–Trinajstić information content (AvgIpc) is 3.49. The van der Waals surface area contributed by atoms with E-state index in [0.717, 1.165) is 18.4 Å². The van der Waals surface area contributed by atoms with Crippen molar-refractivity contribution in [3.05, 3.63) is 53.2 Å². The third kappa shape index (κ3) is 4.30. The Kier molecular flexibility index (Phi) is 5.36. The SMILES string of the molecule is COC(=O)c1cc(CNc2ccc(C(=O)NC3CC3)cn2)ccc1OC. The Hall–Kier alpha value is -3.09. The molecule has 1 aromatic carbocycles. The summed E-state index contributed by atoms with van der Waals surface area (Å²) in [5, 5.41) is 6.09. The molecule has 0 unspecified atom stereocenters. The summed E-state index contributed by atoms with van der Waals surface area (Å²) in [5.41, 5.74) is 1.79. The van der Waals surface area contributed by atoms with Crippen molar-refractivity contribution in [1.29, 1.82) is 0 Å². The highest BCUT2D eigenvalue weighted by Crippen LogP contribution is 2.22. The van der Waals surface area contributed by atoms with Gasteiger partial charge in [-0.1, -0.05) is 6.07 Å². The molecule has 1 amide bonds. The normalized spacial score (nSPS) is 13.0. The molecule has 0 radical (unpaired) electrons. The minimum absolute atomic E-state index is 0.0931. The molecule has 2 N–H and O–H groups in total. The summed E-state index contributed by atoms with van der Waals surface area (Å²) in [6.07, 6.45) is 3.65. The van der Waals surface area contributed by atoms with Crippen molar-refractivity contribution in [3.8, 4) is 5.75 Å². The van der Waals surface area contributed by atoms with Gasteiger partial charge in [0.1, 0.15) is 17.1 Å². The lowest BCUT2D eigenvalue weighted by atomic mass is 10.1. The maximum absolute atomic E-state index is 11.9. The van der Waals surface area contributed by atoms with Gasteiger partial charge in [-0.15, -0.1) is 0 Å². The van der Waals surface area contributed by atoms with Crippen LogP contribution in [0.4, 0.5) is 5.82 Å². The van der Waals surface area contributed by atoms with E-state index in [2.05, 4.69) is 15.6 Å². The van der Waals surface area contributed by atoms with Crippen LogP contribution in [0, 0.1) is 0 Å². The highest BCUT2D eigenvalue weighted by molar-refractivity contribution is 5.94. The van der Waals surface area contributed by atoms with Crippen LogP contribution in [0.15, 0.2) is 36.5 Å². The van der Waals surface area contributed by atoms with Crippen molar-refractivity contribution in [3.63, 3.8) is 0 Å². The number of rotatable bonds is 7. The van der Waals surface area contributed by atoms with Crippen LogP contribution in [-0.4, -0.2) is 37.1 Å². The molecule has 0 bridgehead atoms. The number of benzene rings is 1. The summed E-state index contributed by atoms with van der Waals surface area (Å²) >= 11 is 0. The van der Waals surface area contributed by atoms with Gasteiger partial charge >= 0.3 is 5.97 Å². The third-order valence-corrected chi connectivity index (χ3v) is 4.08. The molecule has 1 aromatic heterocycles. The van der Waals surface area contributed by atoms with Crippen LogP contribution < -0.4 is 15.4 Å². The van der Waals surface area contributed by atoms with Crippen molar-refractivity contribution < 1.29 is 19.1 Å². The topological polar surface area (TPSA) is 89.5 Å². The summed E-state index contributed by atoms with van der Waals surface area (Å²) in [6, 6.07) is 9.11. The van der Waals surface area contributed by atoms with E-state index in [1.165, 1.54) is 14.2 Å². The van der Waals surface area contributed by atoms with Gasteiger partial charge in [-0.25, -0.2) is 9.78 Å². The number of carbonyl (C=O) groups is 2. The number of pyridine rings is 1.